The summed E-state index contributed by atoms with van der Waals surface area (Å²) in [5, 5.41) is 13.4. The third kappa shape index (κ3) is 3.84. The molecular weight excluding hydrogens is 254 g/mol. The largest absolute Gasteiger partial charge is 0.507 e. The molecule has 0 aliphatic heterocycles. The summed E-state index contributed by atoms with van der Waals surface area (Å²) >= 11 is 0. The fraction of sp³-hybridized carbons (Fsp3) is 0.0667. The normalized spacial score (nSPS) is 10.6. The Kier molecular flexibility index (Phi) is 4.34. The molecule has 0 saturated heterocycles. The maximum absolute atomic E-state index is 10.5. The standard InChI is InChI=1S/C15H15N3O2/c16-15(20)18-17-10-13-9-12(6-7-14(13)19)8-11-4-2-1-3-5-11/h1-7,9-10,19H,8H2,(H3,16,18,20). The SMILES string of the molecule is NC(=O)NN=Cc1cc(Cc2ccccc2)ccc1O. The molecule has 102 valence electrons. The van der Waals surface area contributed by atoms with Gasteiger partial charge in [0, 0.05) is 5.56 Å². The first-order valence-corrected chi connectivity index (χ1v) is 6.09. The van der Waals surface area contributed by atoms with E-state index in [9.17, 15) is 9.90 Å². The Hall–Kier alpha value is -2.82. The van der Waals surface area contributed by atoms with Gasteiger partial charge in [0.05, 0.1) is 6.21 Å². The van der Waals surface area contributed by atoms with Crippen LogP contribution < -0.4 is 11.2 Å². The lowest BCUT2D eigenvalue weighted by atomic mass is 10.0. The van der Waals surface area contributed by atoms with Crippen LogP contribution in [0.3, 0.4) is 0 Å². The Morgan fingerprint density at radius 2 is 1.95 bits per heavy atom. The number of nitrogens with zero attached hydrogens (tertiary/aromatic N) is 1. The van der Waals surface area contributed by atoms with Gasteiger partial charge in [0.2, 0.25) is 0 Å². The van der Waals surface area contributed by atoms with Crippen LogP contribution in [0.25, 0.3) is 0 Å². The quantitative estimate of drug-likeness (QED) is 0.585. The molecule has 2 rings (SSSR count). The fourth-order valence-electron chi connectivity index (χ4n) is 1.81. The van der Waals surface area contributed by atoms with E-state index in [4.69, 9.17) is 5.73 Å². The molecule has 0 spiro atoms. The minimum atomic E-state index is -0.749. The maximum Gasteiger partial charge on any atom is 0.332 e. The van der Waals surface area contributed by atoms with E-state index in [0.29, 0.717) is 5.56 Å². The number of nitrogens with two attached hydrogens (primary N) is 1. The minimum absolute atomic E-state index is 0.0943. The van der Waals surface area contributed by atoms with Gasteiger partial charge in [0.15, 0.2) is 0 Å². The molecule has 0 unspecified atom stereocenters. The number of benzene rings is 2. The summed E-state index contributed by atoms with van der Waals surface area (Å²) in [5.74, 6) is 0.0943. The predicted octanol–water partition coefficient (Wildman–Crippen LogP) is 1.99. The highest BCUT2D eigenvalue weighted by Gasteiger charge is 2.02. The van der Waals surface area contributed by atoms with Crippen LogP contribution >= 0.6 is 0 Å². The Morgan fingerprint density at radius 3 is 2.65 bits per heavy atom. The van der Waals surface area contributed by atoms with Crippen molar-refractivity contribution in [3.05, 3.63) is 65.2 Å². The Morgan fingerprint density at radius 1 is 1.20 bits per heavy atom. The summed E-state index contributed by atoms with van der Waals surface area (Å²) in [6, 6.07) is 14.5. The predicted molar refractivity (Wildman–Crippen MR) is 77.7 cm³/mol. The number of primary amides is 1. The van der Waals surface area contributed by atoms with E-state index in [1.807, 2.05) is 42.5 Å². The number of aromatic hydroxyl groups is 1. The van der Waals surface area contributed by atoms with Gasteiger partial charge < -0.3 is 10.8 Å². The molecule has 5 heteroatoms. The third-order valence-electron chi connectivity index (χ3n) is 2.72. The molecule has 2 aromatic rings. The van der Waals surface area contributed by atoms with Crippen LogP contribution in [0.4, 0.5) is 4.79 Å². The zero-order valence-corrected chi connectivity index (χ0v) is 10.8. The van der Waals surface area contributed by atoms with Gasteiger partial charge in [0.25, 0.3) is 0 Å². The van der Waals surface area contributed by atoms with Crippen molar-refractivity contribution >= 4 is 12.2 Å². The van der Waals surface area contributed by atoms with Gasteiger partial charge in [-0.3, -0.25) is 0 Å². The average molecular weight is 269 g/mol. The van der Waals surface area contributed by atoms with Crippen LogP contribution in [0.2, 0.25) is 0 Å². The highest BCUT2D eigenvalue weighted by molar-refractivity contribution is 5.84. The molecule has 0 radical (unpaired) electrons. The fourth-order valence-corrected chi connectivity index (χ4v) is 1.81. The zero-order valence-electron chi connectivity index (χ0n) is 10.8. The van der Waals surface area contributed by atoms with Crippen LogP contribution in [-0.2, 0) is 6.42 Å². The number of carbonyl (C=O) groups is 1. The van der Waals surface area contributed by atoms with E-state index < -0.39 is 6.03 Å². The lowest BCUT2D eigenvalue weighted by Crippen LogP contribution is -2.24. The third-order valence-corrected chi connectivity index (χ3v) is 2.72. The maximum atomic E-state index is 10.5. The van der Waals surface area contributed by atoms with Gasteiger partial charge in [-0.1, -0.05) is 36.4 Å². The van der Waals surface area contributed by atoms with Crippen molar-refractivity contribution in [2.75, 3.05) is 0 Å². The lowest BCUT2D eigenvalue weighted by molar-refractivity contribution is 0.249. The van der Waals surface area contributed by atoms with Gasteiger partial charge >= 0.3 is 6.03 Å². The first-order chi connectivity index (χ1) is 9.65. The van der Waals surface area contributed by atoms with Crippen LogP contribution in [0.15, 0.2) is 53.6 Å². The molecule has 5 nitrogen and oxygen atoms in total. The molecule has 0 fully saturated rings. The van der Waals surface area contributed by atoms with Gasteiger partial charge in [-0.05, 0) is 29.7 Å². The van der Waals surface area contributed by atoms with Crippen molar-refractivity contribution in [3.63, 3.8) is 0 Å². The molecule has 2 amide bonds. The Balaban J connectivity index is 2.16. The number of rotatable bonds is 4. The number of urea groups is 1. The van der Waals surface area contributed by atoms with Crippen molar-refractivity contribution in [1.82, 2.24) is 5.43 Å². The first-order valence-electron chi connectivity index (χ1n) is 6.09. The summed E-state index contributed by atoms with van der Waals surface area (Å²) in [6.45, 7) is 0. The van der Waals surface area contributed by atoms with E-state index in [-0.39, 0.29) is 5.75 Å². The summed E-state index contributed by atoms with van der Waals surface area (Å²) < 4.78 is 0. The van der Waals surface area contributed by atoms with Gasteiger partial charge in [0.1, 0.15) is 5.75 Å². The van der Waals surface area contributed by atoms with E-state index in [1.165, 1.54) is 11.8 Å². The van der Waals surface area contributed by atoms with E-state index in [1.54, 1.807) is 6.07 Å². The smallest absolute Gasteiger partial charge is 0.332 e. The molecule has 0 aromatic heterocycles. The molecule has 0 saturated carbocycles. The second-order valence-electron chi connectivity index (χ2n) is 4.29. The van der Waals surface area contributed by atoms with Crippen molar-refractivity contribution in [1.29, 1.82) is 0 Å². The summed E-state index contributed by atoms with van der Waals surface area (Å²) in [6.07, 6.45) is 2.11. The Bertz CT molecular complexity index is 624. The van der Waals surface area contributed by atoms with Crippen molar-refractivity contribution in [2.45, 2.75) is 6.42 Å². The molecule has 0 aliphatic rings. The number of carbonyl (C=O) groups excluding carboxylic acids is 1. The topological polar surface area (TPSA) is 87.7 Å². The number of phenolic OH excluding ortho intramolecular Hbond substituents is 1. The molecular formula is C15H15N3O2. The van der Waals surface area contributed by atoms with Crippen molar-refractivity contribution in [3.8, 4) is 5.75 Å². The van der Waals surface area contributed by atoms with Gasteiger partial charge in [-0.15, -0.1) is 0 Å². The molecule has 4 N–H and O–H groups in total. The average Bonchev–Trinajstić information content (AvgIpc) is 2.43. The number of nitrogens with one attached hydrogen (secondary N) is 1. The monoisotopic (exact) mass is 269 g/mol. The van der Waals surface area contributed by atoms with Crippen LogP contribution in [0.1, 0.15) is 16.7 Å². The molecule has 0 bridgehead atoms. The summed E-state index contributed by atoms with van der Waals surface area (Å²) in [4.78, 5) is 10.5. The van der Waals surface area contributed by atoms with E-state index >= 15 is 0 Å². The van der Waals surface area contributed by atoms with Crippen molar-refractivity contribution < 1.29 is 9.90 Å². The lowest BCUT2D eigenvalue weighted by Gasteiger charge is -2.05. The molecule has 0 aliphatic carbocycles. The highest BCUT2D eigenvalue weighted by atomic mass is 16.3. The van der Waals surface area contributed by atoms with Gasteiger partial charge in [-0.2, -0.15) is 5.10 Å². The van der Waals surface area contributed by atoms with Crippen LogP contribution in [-0.4, -0.2) is 17.4 Å². The summed E-state index contributed by atoms with van der Waals surface area (Å²) in [5.41, 5.74) is 9.72. The first kappa shape index (κ1) is 13.6. The second kappa shape index (κ2) is 6.38. The van der Waals surface area contributed by atoms with E-state index in [2.05, 4.69) is 10.5 Å². The molecule has 0 atom stereocenters. The number of phenols is 1. The number of hydrogen-bond acceptors (Lipinski definition) is 3. The highest BCUT2D eigenvalue weighted by Crippen LogP contribution is 2.18. The van der Waals surface area contributed by atoms with Crippen molar-refractivity contribution in [2.24, 2.45) is 10.8 Å². The molecule has 0 heterocycles. The second-order valence-corrected chi connectivity index (χ2v) is 4.29. The van der Waals surface area contributed by atoms with E-state index in [0.717, 1.165) is 12.0 Å². The van der Waals surface area contributed by atoms with Gasteiger partial charge in [-0.25, -0.2) is 10.2 Å². The Labute approximate surface area is 116 Å². The number of hydrogen-bond donors (Lipinski definition) is 3. The van der Waals surface area contributed by atoms with Crippen LogP contribution in [0.5, 0.6) is 5.75 Å². The zero-order chi connectivity index (χ0) is 14.4. The van der Waals surface area contributed by atoms with Crippen LogP contribution in [0, 0.1) is 0 Å². The number of amides is 2. The minimum Gasteiger partial charge on any atom is -0.507 e. The molecule has 2 aromatic carbocycles. The molecule has 20 heavy (non-hydrogen) atoms. The number of hydrazone groups is 1. The summed E-state index contributed by atoms with van der Waals surface area (Å²) in [7, 11) is 0.